The largest absolute Gasteiger partial charge is 0.352 e. The standard InChI is InChI=1S/C27H27N5OS/c1-5-15-28-26(33)19(4)34-27-31-30-25(32(27)16-6-2)22-17-24(20-13-11-18(3)12-14-20)29-23-10-8-7-9-21(22)23/h5-14,17,19H,1-2,15-16H2,3-4H3,(H,28,33). The number of para-hydroxylation sites is 1. The minimum absolute atomic E-state index is 0.0735. The highest BCUT2D eigenvalue weighted by Crippen LogP contribution is 2.33. The molecular formula is C27H27N5OS. The second kappa shape index (κ2) is 10.5. The number of amides is 1. The van der Waals surface area contributed by atoms with Crippen molar-refractivity contribution in [1.29, 1.82) is 0 Å². The van der Waals surface area contributed by atoms with E-state index in [9.17, 15) is 4.79 Å². The van der Waals surface area contributed by atoms with E-state index >= 15 is 0 Å². The second-order valence-corrected chi connectivity index (χ2v) is 9.25. The van der Waals surface area contributed by atoms with Gasteiger partial charge in [0.2, 0.25) is 5.91 Å². The Kier molecular flexibility index (Phi) is 7.23. The normalized spacial score (nSPS) is 11.8. The van der Waals surface area contributed by atoms with E-state index in [1.807, 2.05) is 41.8 Å². The van der Waals surface area contributed by atoms with Crippen molar-refractivity contribution in [3.63, 3.8) is 0 Å². The number of carbonyl (C=O) groups excluding carboxylic acids is 1. The molecule has 2 aromatic heterocycles. The van der Waals surface area contributed by atoms with Gasteiger partial charge in [-0.05, 0) is 26.0 Å². The Balaban J connectivity index is 1.80. The number of fused-ring (bicyclic) bond motifs is 1. The third kappa shape index (κ3) is 4.94. The SMILES string of the molecule is C=CCNC(=O)C(C)Sc1nnc(-c2cc(-c3ccc(C)cc3)nc3ccccc23)n1CC=C. The first-order valence-corrected chi connectivity index (χ1v) is 12.0. The summed E-state index contributed by atoms with van der Waals surface area (Å²) in [6.07, 6.45) is 3.47. The molecule has 1 N–H and O–H groups in total. The fourth-order valence-corrected chi connectivity index (χ4v) is 4.51. The molecule has 2 heterocycles. The van der Waals surface area contributed by atoms with Crippen LogP contribution in [0.2, 0.25) is 0 Å². The molecule has 4 aromatic rings. The van der Waals surface area contributed by atoms with Gasteiger partial charge in [-0.3, -0.25) is 9.36 Å². The number of nitrogens with zero attached hydrogens (tertiary/aromatic N) is 4. The molecule has 0 bridgehead atoms. The monoisotopic (exact) mass is 469 g/mol. The van der Waals surface area contributed by atoms with Crippen LogP contribution in [0.25, 0.3) is 33.5 Å². The molecule has 6 nitrogen and oxygen atoms in total. The van der Waals surface area contributed by atoms with Crippen LogP contribution in [-0.4, -0.2) is 37.5 Å². The number of allylic oxidation sites excluding steroid dienone is 1. The molecule has 34 heavy (non-hydrogen) atoms. The van der Waals surface area contributed by atoms with Crippen molar-refractivity contribution < 1.29 is 4.79 Å². The average molecular weight is 470 g/mol. The number of hydrogen-bond donors (Lipinski definition) is 1. The molecule has 0 saturated heterocycles. The fraction of sp³-hybridized carbons (Fsp3) is 0.185. The maximum Gasteiger partial charge on any atom is 0.233 e. The molecule has 0 radical (unpaired) electrons. The van der Waals surface area contributed by atoms with Crippen molar-refractivity contribution in [2.75, 3.05) is 6.54 Å². The first-order valence-electron chi connectivity index (χ1n) is 11.1. The van der Waals surface area contributed by atoms with Gasteiger partial charge in [0.1, 0.15) is 0 Å². The Hall–Kier alpha value is -3.71. The second-order valence-electron chi connectivity index (χ2n) is 7.94. The summed E-state index contributed by atoms with van der Waals surface area (Å²) in [6, 6.07) is 18.4. The molecule has 0 aliphatic rings. The van der Waals surface area contributed by atoms with Crippen LogP contribution < -0.4 is 5.32 Å². The first kappa shape index (κ1) is 23.4. The van der Waals surface area contributed by atoms with Gasteiger partial charge in [-0.2, -0.15) is 0 Å². The van der Waals surface area contributed by atoms with E-state index in [0.717, 1.165) is 27.7 Å². The zero-order valence-electron chi connectivity index (χ0n) is 19.4. The van der Waals surface area contributed by atoms with Gasteiger partial charge in [0.15, 0.2) is 11.0 Å². The van der Waals surface area contributed by atoms with E-state index in [0.29, 0.717) is 24.1 Å². The Morgan fingerprint density at radius 2 is 1.88 bits per heavy atom. The average Bonchev–Trinajstić information content (AvgIpc) is 3.24. The molecule has 0 saturated carbocycles. The van der Waals surface area contributed by atoms with Gasteiger partial charge in [0.25, 0.3) is 0 Å². The lowest BCUT2D eigenvalue weighted by Crippen LogP contribution is -2.31. The predicted molar refractivity (Wildman–Crippen MR) is 140 cm³/mol. The molecule has 2 aromatic carbocycles. The maximum absolute atomic E-state index is 12.4. The van der Waals surface area contributed by atoms with Gasteiger partial charge in [-0.25, -0.2) is 4.98 Å². The van der Waals surface area contributed by atoms with Crippen molar-refractivity contribution in [2.24, 2.45) is 0 Å². The summed E-state index contributed by atoms with van der Waals surface area (Å²) in [7, 11) is 0. The van der Waals surface area contributed by atoms with E-state index in [1.165, 1.54) is 17.3 Å². The number of rotatable bonds is 9. The minimum atomic E-state index is -0.335. The quantitative estimate of drug-likeness (QED) is 0.261. The number of thioether (sulfide) groups is 1. The highest BCUT2D eigenvalue weighted by Gasteiger charge is 2.22. The Labute approximate surface area is 203 Å². The van der Waals surface area contributed by atoms with Crippen LogP contribution in [0.1, 0.15) is 12.5 Å². The minimum Gasteiger partial charge on any atom is -0.352 e. The van der Waals surface area contributed by atoms with Crippen LogP contribution in [0.5, 0.6) is 0 Å². The van der Waals surface area contributed by atoms with Gasteiger partial charge in [-0.15, -0.1) is 23.4 Å². The Morgan fingerprint density at radius 3 is 2.62 bits per heavy atom. The zero-order chi connectivity index (χ0) is 24.1. The predicted octanol–water partition coefficient (Wildman–Crippen LogP) is 5.44. The van der Waals surface area contributed by atoms with Gasteiger partial charge in [0, 0.05) is 29.6 Å². The molecule has 1 unspecified atom stereocenters. The number of hydrogen-bond acceptors (Lipinski definition) is 5. The molecule has 0 fully saturated rings. The molecule has 0 aliphatic heterocycles. The fourth-order valence-electron chi connectivity index (χ4n) is 3.63. The lowest BCUT2D eigenvalue weighted by atomic mass is 10.0. The van der Waals surface area contributed by atoms with Gasteiger partial charge in [-0.1, -0.05) is 71.9 Å². The smallest absolute Gasteiger partial charge is 0.233 e. The highest BCUT2D eigenvalue weighted by atomic mass is 32.2. The summed E-state index contributed by atoms with van der Waals surface area (Å²) in [5, 5.41) is 13.1. The van der Waals surface area contributed by atoms with Crippen LogP contribution >= 0.6 is 11.8 Å². The first-order chi connectivity index (χ1) is 16.5. The number of aryl methyl sites for hydroxylation is 1. The molecule has 0 spiro atoms. The third-order valence-electron chi connectivity index (χ3n) is 5.40. The number of aromatic nitrogens is 4. The number of carbonyl (C=O) groups is 1. The van der Waals surface area contributed by atoms with Gasteiger partial charge in [0.05, 0.1) is 16.5 Å². The molecule has 1 amide bonds. The van der Waals surface area contributed by atoms with Crippen molar-refractivity contribution >= 4 is 28.6 Å². The summed E-state index contributed by atoms with van der Waals surface area (Å²) in [5.74, 6) is 0.642. The van der Waals surface area contributed by atoms with Crippen LogP contribution in [0.3, 0.4) is 0 Å². The number of pyridine rings is 1. The van der Waals surface area contributed by atoms with Crippen molar-refractivity contribution in [2.45, 2.75) is 30.8 Å². The molecule has 4 rings (SSSR count). The number of benzene rings is 2. The maximum atomic E-state index is 12.4. The van der Waals surface area contributed by atoms with Gasteiger partial charge < -0.3 is 5.32 Å². The number of nitrogens with one attached hydrogen (secondary N) is 1. The van der Waals surface area contributed by atoms with Crippen LogP contribution in [0.15, 0.2) is 85.1 Å². The zero-order valence-corrected chi connectivity index (χ0v) is 20.2. The topological polar surface area (TPSA) is 72.7 Å². The summed E-state index contributed by atoms with van der Waals surface area (Å²) in [4.78, 5) is 17.3. The van der Waals surface area contributed by atoms with E-state index < -0.39 is 0 Å². The van der Waals surface area contributed by atoms with E-state index in [1.54, 1.807) is 6.08 Å². The summed E-state index contributed by atoms with van der Waals surface area (Å²) < 4.78 is 2.00. The Bertz CT molecular complexity index is 1340. The lowest BCUT2D eigenvalue weighted by molar-refractivity contribution is -0.120. The highest BCUT2D eigenvalue weighted by molar-refractivity contribution is 8.00. The summed E-state index contributed by atoms with van der Waals surface area (Å²) in [6.45, 7) is 12.4. The van der Waals surface area contributed by atoms with Crippen molar-refractivity contribution in [3.8, 4) is 22.6 Å². The molecule has 172 valence electrons. The molecular weight excluding hydrogens is 442 g/mol. The lowest BCUT2D eigenvalue weighted by Gasteiger charge is -2.14. The van der Waals surface area contributed by atoms with Crippen molar-refractivity contribution in [1.82, 2.24) is 25.1 Å². The Morgan fingerprint density at radius 1 is 1.12 bits per heavy atom. The molecule has 1 atom stereocenters. The van der Waals surface area contributed by atoms with Gasteiger partial charge >= 0.3 is 0 Å². The third-order valence-corrected chi connectivity index (χ3v) is 6.49. The van der Waals surface area contributed by atoms with E-state index in [4.69, 9.17) is 4.98 Å². The molecule has 0 aliphatic carbocycles. The van der Waals surface area contributed by atoms with Crippen molar-refractivity contribution in [3.05, 3.63) is 85.5 Å². The van der Waals surface area contributed by atoms with E-state index in [2.05, 4.69) is 65.9 Å². The summed E-state index contributed by atoms with van der Waals surface area (Å²) >= 11 is 1.37. The summed E-state index contributed by atoms with van der Waals surface area (Å²) in [5.41, 5.74) is 4.92. The van der Waals surface area contributed by atoms with Crippen LogP contribution in [0, 0.1) is 6.92 Å². The van der Waals surface area contributed by atoms with Crippen LogP contribution in [0.4, 0.5) is 0 Å². The van der Waals surface area contributed by atoms with Crippen LogP contribution in [-0.2, 0) is 11.3 Å². The molecule has 7 heteroatoms. The van der Waals surface area contributed by atoms with E-state index in [-0.39, 0.29) is 11.2 Å².